The van der Waals surface area contributed by atoms with Gasteiger partial charge < -0.3 is 15.4 Å². The Morgan fingerprint density at radius 2 is 1.69 bits per heavy atom. The number of rotatable bonds is 11. The number of aromatic nitrogens is 1. The summed E-state index contributed by atoms with van der Waals surface area (Å²) in [6.45, 7) is 2.70. The Morgan fingerprint density at radius 1 is 1.00 bits per heavy atom. The number of hydrogen-bond donors (Lipinski definition) is 2. The van der Waals surface area contributed by atoms with E-state index in [1.165, 1.54) is 0 Å². The molecule has 0 spiro atoms. The molecule has 2 N–H and O–H groups in total. The number of alkyl carbamates (subject to hydrolysis) is 1. The predicted molar refractivity (Wildman–Crippen MR) is 126 cm³/mol. The van der Waals surface area contributed by atoms with E-state index in [1.54, 1.807) is 11.3 Å². The van der Waals surface area contributed by atoms with Gasteiger partial charge in [0.1, 0.15) is 12.6 Å². The molecule has 0 fully saturated rings. The Balaban J connectivity index is 1.48. The maximum Gasteiger partial charge on any atom is 0.408 e. The first-order valence-electron chi connectivity index (χ1n) is 10.8. The normalized spacial score (nSPS) is 11.5. The molecule has 0 aliphatic rings. The molecule has 2 amide bonds. The molecule has 0 aliphatic carbocycles. The minimum Gasteiger partial charge on any atom is -0.445 e. The molecular weight excluding hydrogens is 422 g/mol. The van der Waals surface area contributed by atoms with Crippen LogP contribution in [0.2, 0.25) is 0 Å². The highest BCUT2D eigenvalue weighted by atomic mass is 32.1. The summed E-state index contributed by atoms with van der Waals surface area (Å²) >= 11 is 1.67. The molecule has 0 bridgehead atoms. The Hall–Kier alpha value is -3.19. The molecule has 7 heteroatoms. The van der Waals surface area contributed by atoms with Crippen molar-refractivity contribution in [1.29, 1.82) is 0 Å². The number of nitrogens with zero attached hydrogens (tertiary/aromatic N) is 1. The third-order valence-corrected chi connectivity index (χ3v) is 5.91. The molecule has 168 valence electrons. The van der Waals surface area contributed by atoms with Gasteiger partial charge in [-0.15, -0.1) is 11.3 Å². The number of nitrogens with one attached hydrogen (secondary N) is 2. The van der Waals surface area contributed by atoms with Crippen LogP contribution in [0.4, 0.5) is 4.79 Å². The number of hydrogen-bond acceptors (Lipinski definition) is 5. The molecule has 3 rings (SSSR count). The molecule has 2 aromatic carbocycles. The molecule has 0 saturated carbocycles. The number of benzene rings is 2. The summed E-state index contributed by atoms with van der Waals surface area (Å²) in [6, 6.07) is 18.4. The molecule has 3 aromatic rings. The van der Waals surface area contributed by atoms with E-state index in [2.05, 4.69) is 15.6 Å². The summed E-state index contributed by atoms with van der Waals surface area (Å²) in [5, 5.41) is 8.84. The highest BCUT2D eigenvalue weighted by Gasteiger charge is 2.21. The summed E-state index contributed by atoms with van der Waals surface area (Å²) in [7, 11) is 0. The van der Waals surface area contributed by atoms with E-state index in [0.717, 1.165) is 41.1 Å². The first kappa shape index (κ1) is 23.5. The van der Waals surface area contributed by atoms with Gasteiger partial charge in [0.05, 0.1) is 5.01 Å². The first-order valence-corrected chi connectivity index (χ1v) is 11.7. The zero-order valence-corrected chi connectivity index (χ0v) is 19.1. The van der Waals surface area contributed by atoms with Crippen LogP contribution < -0.4 is 10.6 Å². The van der Waals surface area contributed by atoms with Gasteiger partial charge in [-0.25, -0.2) is 9.78 Å². The van der Waals surface area contributed by atoms with Crippen LogP contribution in [0.25, 0.3) is 0 Å². The standard InChI is InChI=1S/C25H29N3O3S/c1-19-18-32-23(27-19)14-8-9-15-26-24(29)22(16-20-10-4-2-5-11-20)28-25(30)31-17-21-12-6-3-7-13-21/h2-7,10-13,18,22H,8-9,14-17H2,1H3,(H,26,29)(H,28,30). The molecule has 6 nitrogen and oxygen atoms in total. The molecule has 0 aliphatic heterocycles. The summed E-state index contributed by atoms with van der Waals surface area (Å²) in [4.78, 5) is 29.6. The molecule has 1 aromatic heterocycles. The Bertz CT molecular complexity index is 976. The lowest BCUT2D eigenvalue weighted by Crippen LogP contribution is -2.48. The third kappa shape index (κ3) is 8.15. The first-order chi connectivity index (χ1) is 15.6. The van der Waals surface area contributed by atoms with Crippen molar-refractivity contribution >= 4 is 23.3 Å². The van der Waals surface area contributed by atoms with E-state index in [0.29, 0.717) is 13.0 Å². The van der Waals surface area contributed by atoms with Crippen molar-refractivity contribution in [3.05, 3.63) is 87.9 Å². The number of carbonyl (C=O) groups is 2. The highest BCUT2D eigenvalue weighted by Crippen LogP contribution is 2.11. The van der Waals surface area contributed by atoms with Gasteiger partial charge in [0, 0.05) is 24.0 Å². The quantitative estimate of drug-likeness (QED) is 0.423. The van der Waals surface area contributed by atoms with Crippen molar-refractivity contribution in [3.63, 3.8) is 0 Å². The predicted octanol–water partition coefficient (Wildman–Crippen LogP) is 4.43. The monoisotopic (exact) mass is 451 g/mol. The number of ether oxygens (including phenoxy) is 1. The van der Waals surface area contributed by atoms with E-state index in [9.17, 15) is 9.59 Å². The van der Waals surface area contributed by atoms with Crippen LogP contribution in [0, 0.1) is 6.92 Å². The molecular formula is C25H29N3O3S. The maximum atomic E-state index is 12.8. The summed E-state index contributed by atoms with van der Waals surface area (Å²) in [6.07, 6.45) is 2.49. The molecule has 0 radical (unpaired) electrons. The molecule has 1 atom stereocenters. The van der Waals surface area contributed by atoms with Crippen LogP contribution >= 0.6 is 11.3 Å². The average Bonchev–Trinajstić information content (AvgIpc) is 3.23. The van der Waals surface area contributed by atoms with Gasteiger partial charge in [-0.1, -0.05) is 60.7 Å². The average molecular weight is 452 g/mol. The number of amides is 2. The van der Waals surface area contributed by atoms with Crippen LogP contribution in [0.1, 0.15) is 34.7 Å². The topological polar surface area (TPSA) is 80.3 Å². The fourth-order valence-corrected chi connectivity index (χ4v) is 4.04. The maximum absolute atomic E-state index is 12.8. The largest absolute Gasteiger partial charge is 0.445 e. The summed E-state index contributed by atoms with van der Waals surface area (Å²) < 4.78 is 5.30. The van der Waals surface area contributed by atoms with Crippen LogP contribution in [0.3, 0.4) is 0 Å². The van der Waals surface area contributed by atoms with Crippen LogP contribution in [-0.4, -0.2) is 29.6 Å². The van der Waals surface area contributed by atoms with Gasteiger partial charge in [-0.2, -0.15) is 0 Å². The molecule has 1 heterocycles. The fraction of sp³-hybridized carbons (Fsp3) is 0.320. The van der Waals surface area contributed by atoms with Crippen molar-refractivity contribution < 1.29 is 14.3 Å². The van der Waals surface area contributed by atoms with Gasteiger partial charge in [0.25, 0.3) is 0 Å². The fourth-order valence-electron chi connectivity index (χ4n) is 3.22. The SMILES string of the molecule is Cc1csc(CCCCNC(=O)C(Cc2ccccc2)NC(=O)OCc2ccccc2)n1. The molecule has 32 heavy (non-hydrogen) atoms. The third-order valence-electron chi connectivity index (χ3n) is 4.89. The van der Waals surface area contributed by atoms with E-state index in [-0.39, 0.29) is 12.5 Å². The van der Waals surface area contributed by atoms with Gasteiger partial charge in [-0.3, -0.25) is 4.79 Å². The summed E-state index contributed by atoms with van der Waals surface area (Å²) in [5.74, 6) is -0.212. The number of thiazole rings is 1. The zero-order chi connectivity index (χ0) is 22.6. The van der Waals surface area contributed by atoms with Crippen molar-refractivity contribution in [2.75, 3.05) is 6.54 Å². The molecule has 1 unspecified atom stereocenters. The van der Waals surface area contributed by atoms with E-state index in [1.807, 2.05) is 73.0 Å². The van der Waals surface area contributed by atoms with Crippen LogP contribution in [0.5, 0.6) is 0 Å². The van der Waals surface area contributed by atoms with Gasteiger partial charge >= 0.3 is 6.09 Å². The van der Waals surface area contributed by atoms with Crippen molar-refractivity contribution in [3.8, 4) is 0 Å². The van der Waals surface area contributed by atoms with Gasteiger partial charge in [0.2, 0.25) is 5.91 Å². The van der Waals surface area contributed by atoms with E-state index >= 15 is 0 Å². The van der Waals surface area contributed by atoms with Gasteiger partial charge in [-0.05, 0) is 37.3 Å². The van der Waals surface area contributed by atoms with E-state index in [4.69, 9.17) is 4.74 Å². The Kier molecular flexibility index (Phi) is 9.25. The lowest BCUT2D eigenvalue weighted by atomic mass is 10.1. The Morgan fingerprint density at radius 3 is 2.34 bits per heavy atom. The lowest BCUT2D eigenvalue weighted by Gasteiger charge is -2.18. The van der Waals surface area contributed by atoms with Crippen molar-refractivity contribution in [1.82, 2.24) is 15.6 Å². The lowest BCUT2D eigenvalue weighted by molar-refractivity contribution is -0.123. The van der Waals surface area contributed by atoms with Crippen LogP contribution in [0.15, 0.2) is 66.0 Å². The minimum absolute atomic E-state index is 0.155. The second-order valence-electron chi connectivity index (χ2n) is 7.58. The van der Waals surface area contributed by atoms with Crippen LogP contribution in [-0.2, 0) is 29.0 Å². The van der Waals surface area contributed by atoms with Crippen molar-refractivity contribution in [2.45, 2.75) is 45.3 Å². The second kappa shape index (κ2) is 12.6. The highest BCUT2D eigenvalue weighted by molar-refractivity contribution is 7.09. The second-order valence-corrected chi connectivity index (χ2v) is 8.52. The minimum atomic E-state index is -0.706. The number of unbranched alkanes of at least 4 members (excludes halogenated alkanes) is 1. The van der Waals surface area contributed by atoms with E-state index < -0.39 is 12.1 Å². The summed E-state index contributed by atoms with van der Waals surface area (Å²) in [5.41, 5.74) is 2.91. The number of carbonyl (C=O) groups excluding carboxylic acids is 2. The molecule has 0 saturated heterocycles. The van der Waals surface area contributed by atoms with Crippen molar-refractivity contribution in [2.24, 2.45) is 0 Å². The number of aryl methyl sites for hydroxylation is 2. The smallest absolute Gasteiger partial charge is 0.408 e. The Labute approximate surface area is 193 Å². The van der Waals surface area contributed by atoms with Gasteiger partial charge in [0.15, 0.2) is 0 Å². The zero-order valence-electron chi connectivity index (χ0n) is 18.3.